The van der Waals surface area contributed by atoms with Crippen molar-refractivity contribution in [2.24, 2.45) is 4.99 Å². The normalized spacial score (nSPS) is 10.9. The van der Waals surface area contributed by atoms with E-state index < -0.39 is 0 Å². The summed E-state index contributed by atoms with van der Waals surface area (Å²) in [5.74, 6) is -0.129. The Hall–Kier alpha value is -1.58. The second-order valence-corrected chi connectivity index (χ2v) is 4.11. The van der Waals surface area contributed by atoms with Crippen LogP contribution in [-0.2, 0) is 0 Å². The highest BCUT2D eigenvalue weighted by atomic mass is 35.5. The van der Waals surface area contributed by atoms with Gasteiger partial charge in [0.25, 0.3) is 0 Å². The average Bonchev–Trinajstić information content (AvgIpc) is 2.34. The predicted molar refractivity (Wildman–Crippen MR) is 69.6 cm³/mol. The summed E-state index contributed by atoms with van der Waals surface area (Å²) >= 11 is 11.6. The minimum Gasteiger partial charge on any atom is -0.505 e. The Kier molecular flexibility index (Phi) is 3.61. The lowest BCUT2D eigenvalue weighted by Gasteiger charge is -2.01. The second-order valence-electron chi connectivity index (χ2n) is 3.30. The van der Waals surface area contributed by atoms with E-state index >= 15 is 0 Å². The van der Waals surface area contributed by atoms with Crippen LogP contribution < -0.4 is 0 Å². The van der Waals surface area contributed by atoms with Gasteiger partial charge in [-0.2, -0.15) is 0 Å². The largest absolute Gasteiger partial charge is 0.505 e. The summed E-state index contributed by atoms with van der Waals surface area (Å²) in [6.45, 7) is 0. The summed E-state index contributed by atoms with van der Waals surface area (Å²) in [4.78, 5) is 8.11. The van der Waals surface area contributed by atoms with E-state index in [4.69, 9.17) is 23.2 Å². The molecule has 0 radical (unpaired) electrons. The molecule has 1 aromatic carbocycles. The van der Waals surface area contributed by atoms with Crippen LogP contribution in [0.1, 0.15) is 5.56 Å². The minimum absolute atomic E-state index is 0.129. The first-order valence-corrected chi connectivity index (χ1v) is 5.54. The van der Waals surface area contributed by atoms with Crippen LogP contribution >= 0.6 is 23.2 Å². The number of aromatic nitrogens is 1. The molecule has 1 N–H and O–H groups in total. The first-order valence-electron chi connectivity index (χ1n) is 4.79. The average molecular weight is 267 g/mol. The molecule has 5 heteroatoms. The molecule has 0 aliphatic rings. The molecule has 0 aliphatic heterocycles. The van der Waals surface area contributed by atoms with Crippen LogP contribution in [0.4, 0.5) is 5.69 Å². The number of aromatic hydroxyl groups is 1. The van der Waals surface area contributed by atoms with Gasteiger partial charge in [-0.3, -0.25) is 9.98 Å². The third kappa shape index (κ3) is 2.96. The fourth-order valence-electron chi connectivity index (χ4n) is 1.23. The Morgan fingerprint density at radius 2 is 1.71 bits per heavy atom. The van der Waals surface area contributed by atoms with Crippen molar-refractivity contribution in [3.8, 4) is 5.75 Å². The molecule has 1 heterocycles. The lowest BCUT2D eigenvalue weighted by Crippen LogP contribution is -1.80. The molecule has 17 heavy (non-hydrogen) atoms. The zero-order chi connectivity index (χ0) is 12.3. The molecular weight excluding hydrogens is 259 g/mol. The maximum Gasteiger partial charge on any atom is 0.152 e. The molecule has 0 spiro atoms. The lowest BCUT2D eigenvalue weighted by atomic mass is 10.3. The van der Waals surface area contributed by atoms with Crippen LogP contribution in [0.2, 0.25) is 10.0 Å². The van der Waals surface area contributed by atoms with Crippen LogP contribution in [0.25, 0.3) is 0 Å². The maximum absolute atomic E-state index is 9.39. The number of rotatable bonds is 2. The van der Waals surface area contributed by atoms with E-state index in [2.05, 4.69) is 9.98 Å². The summed E-state index contributed by atoms with van der Waals surface area (Å²) in [5, 5.41) is 9.75. The lowest BCUT2D eigenvalue weighted by molar-refractivity contribution is 0.476. The number of aliphatic imine (C=N–C) groups is 1. The van der Waals surface area contributed by atoms with Gasteiger partial charge >= 0.3 is 0 Å². The molecule has 0 aliphatic carbocycles. The van der Waals surface area contributed by atoms with Gasteiger partial charge in [0.1, 0.15) is 0 Å². The summed E-state index contributed by atoms with van der Waals surface area (Å²) in [7, 11) is 0. The Bertz CT molecular complexity index is 533. The Morgan fingerprint density at radius 1 is 1.12 bits per heavy atom. The van der Waals surface area contributed by atoms with E-state index in [-0.39, 0.29) is 15.8 Å². The Balaban J connectivity index is 2.28. The Morgan fingerprint density at radius 3 is 2.29 bits per heavy atom. The predicted octanol–water partition coefficient (Wildman–Crippen LogP) is 3.84. The van der Waals surface area contributed by atoms with Crippen LogP contribution in [0.5, 0.6) is 5.75 Å². The smallest absolute Gasteiger partial charge is 0.152 e. The molecule has 3 nitrogen and oxygen atoms in total. The van der Waals surface area contributed by atoms with E-state index in [1.54, 1.807) is 30.7 Å². The highest BCUT2D eigenvalue weighted by molar-refractivity contribution is 6.37. The highest BCUT2D eigenvalue weighted by Crippen LogP contribution is 2.35. The number of hydrogen-bond acceptors (Lipinski definition) is 3. The summed E-state index contributed by atoms with van der Waals surface area (Å²) in [6, 6.07) is 6.74. The van der Waals surface area contributed by atoms with Gasteiger partial charge in [0.2, 0.25) is 0 Å². The molecule has 0 bridgehead atoms. The van der Waals surface area contributed by atoms with Crippen molar-refractivity contribution in [2.75, 3.05) is 0 Å². The van der Waals surface area contributed by atoms with Crippen molar-refractivity contribution in [1.29, 1.82) is 0 Å². The molecule has 0 amide bonds. The fourth-order valence-corrected chi connectivity index (χ4v) is 1.70. The van der Waals surface area contributed by atoms with Crippen LogP contribution in [0.3, 0.4) is 0 Å². The van der Waals surface area contributed by atoms with Gasteiger partial charge in [0.15, 0.2) is 5.75 Å². The molecule has 0 saturated heterocycles. The molecule has 1 aromatic heterocycles. The topological polar surface area (TPSA) is 45.5 Å². The zero-order valence-corrected chi connectivity index (χ0v) is 10.2. The molecule has 2 aromatic rings. The summed E-state index contributed by atoms with van der Waals surface area (Å²) < 4.78 is 0. The van der Waals surface area contributed by atoms with Gasteiger partial charge < -0.3 is 5.11 Å². The molecule has 0 unspecified atom stereocenters. The SMILES string of the molecule is Oc1c(Cl)cc(N=Cc2ccncc2)cc1Cl. The van der Waals surface area contributed by atoms with Gasteiger partial charge in [0, 0.05) is 18.6 Å². The fraction of sp³-hybridized carbons (Fsp3) is 0. The van der Waals surface area contributed by atoms with E-state index in [0.29, 0.717) is 5.69 Å². The number of phenols is 1. The van der Waals surface area contributed by atoms with E-state index in [1.807, 2.05) is 12.1 Å². The maximum atomic E-state index is 9.39. The number of nitrogens with zero attached hydrogens (tertiary/aromatic N) is 2. The van der Waals surface area contributed by atoms with Crippen molar-refractivity contribution >= 4 is 35.1 Å². The third-order valence-electron chi connectivity index (χ3n) is 2.07. The quantitative estimate of drug-likeness (QED) is 0.840. The highest BCUT2D eigenvalue weighted by Gasteiger charge is 2.05. The van der Waals surface area contributed by atoms with Crippen molar-refractivity contribution in [3.05, 3.63) is 52.3 Å². The van der Waals surface area contributed by atoms with Gasteiger partial charge in [-0.05, 0) is 29.8 Å². The van der Waals surface area contributed by atoms with Gasteiger partial charge in [0.05, 0.1) is 15.7 Å². The zero-order valence-electron chi connectivity index (χ0n) is 8.64. The molecule has 2 rings (SSSR count). The van der Waals surface area contributed by atoms with E-state index in [0.717, 1.165) is 5.56 Å². The number of halogens is 2. The monoisotopic (exact) mass is 266 g/mol. The molecule has 0 fully saturated rings. The minimum atomic E-state index is -0.129. The molecule has 0 saturated carbocycles. The first kappa shape index (κ1) is 11.9. The van der Waals surface area contributed by atoms with E-state index in [9.17, 15) is 5.11 Å². The number of pyridine rings is 1. The van der Waals surface area contributed by atoms with Crippen molar-refractivity contribution in [2.45, 2.75) is 0 Å². The number of phenolic OH excluding ortho intramolecular Hbond substituents is 1. The van der Waals surface area contributed by atoms with Gasteiger partial charge in [-0.25, -0.2) is 0 Å². The first-order chi connectivity index (χ1) is 8.16. The molecule has 0 atom stereocenters. The molecular formula is C12H8Cl2N2O. The summed E-state index contributed by atoms with van der Waals surface area (Å²) in [5.41, 5.74) is 1.50. The van der Waals surface area contributed by atoms with Gasteiger partial charge in [-0.1, -0.05) is 23.2 Å². The second kappa shape index (κ2) is 5.17. The summed E-state index contributed by atoms with van der Waals surface area (Å²) in [6.07, 6.45) is 5.02. The van der Waals surface area contributed by atoms with Crippen LogP contribution in [0.15, 0.2) is 41.7 Å². The van der Waals surface area contributed by atoms with E-state index in [1.165, 1.54) is 0 Å². The number of hydrogen-bond donors (Lipinski definition) is 1. The standard InChI is InChI=1S/C12H8Cl2N2O/c13-10-5-9(6-11(14)12(10)17)16-7-8-1-3-15-4-2-8/h1-7,17H. The molecule has 86 valence electrons. The van der Waals surface area contributed by atoms with Crippen molar-refractivity contribution in [1.82, 2.24) is 4.98 Å². The van der Waals surface area contributed by atoms with Gasteiger partial charge in [-0.15, -0.1) is 0 Å². The third-order valence-corrected chi connectivity index (χ3v) is 2.65. The Labute approximate surface area is 108 Å². The van der Waals surface area contributed by atoms with Crippen molar-refractivity contribution in [3.63, 3.8) is 0 Å². The number of benzene rings is 1. The van der Waals surface area contributed by atoms with Crippen LogP contribution in [-0.4, -0.2) is 16.3 Å². The van der Waals surface area contributed by atoms with Crippen molar-refractivity contribution < 1.29 is 5.11 Å². The van der Waals surface area contributed by atoms with Crippen LogP contribution in [0, 0.1) is 0 Å².